The third kappa shape index (κ3) is 3.24. The summed E-state index contributed by atoms with van der Waals surface area (Å²) in [5.41, 5.74) is 5.54. The zero-order valence-corrected chi connectivity index (χ0v) is 8.54. The largest absolute Gasteiger partial charge is 0.492 e. The molecule has 1 aromatic carbocycles. The molecule has 3 heteroatoms. The first kappa shape index (κ1) is 9.55. The molecule has 66 valence electrons. The van der Waals surface area contributed by atoms with Crippen molar-refractivity contribution in [3.63, 3.8) is 0 Å². The molecule has 2 nitrogen and oxygen atoms in total. The topological polar surface area (TPSA) is 35.2 Å². The Morgan fingerprint density at radius 1 is 1.42 bits per heavy atom. The summed E-state index contributed by atoms with van der Waals surface area (Å²) in [4.78, 5) is 0. The maximum absolute atomic E-state index is 5.54. The third-order valence-electron chi connectivity index (χ3n) is 1.33. The number of rotatable bonds is 3. The Labute approximate surface area is 80.8 Å². The lowest BCUT2D eigenvalue weighted by atomic mass is 10.3. The van der Waals surface area contributed by atoms with Gasteiger partial charge in [0.15, 0.2) is 0 Å². The molecule has 0 aliphatic heterocycles. The van der Waals surface area contributed by atoms with Gasteiger partial charge in [-0.05, 0) is 31.2 Å². The Morgan fingerprint density at radius 3 is 2.50 bits per heavy atom. The number of halogens is 1. The molecule has 1 aromatic rings. The van der Waals surface area contributed by atoms with Crippen LogP contribution in [0.25, 0.3) is 0 Å². The fraction of sp³-hybridized carbons (Fsp3) is 0.333. The summed E-state index contributed by atoms with van der Waals surface area (Å²) < 4.78 is 6.43. The van der Waals surface area contributed by atoms with Crippen molar-refractivity contribution in [2.45, 2.75) is 13.0 Å². The van der Waals surface area contributed by atoms with Gasteiger partial charge in [0.2, 0.25) is 0 Å². The first-order valence-corrected chi connectivity index (χ1v) is 4.62. The van der Waals surface area contributed by atoms with Crippen molar-refractivity contribution < 1.29 is 4.74 Å². The second-order valence-corrected chi connectivity index (χ2v) is 3.66. The molecule has 0 bridgehead atoms. The van der Waals surface area contributed by atoms with Crippen LogP contribution in [0.5, 0.6) is 5.75 Å². The molecule has 0 aliphatic rings. The summed E-state index contributed by atoms with van der Waals surface area (Å²) in [6, 6.07) is 7.78. The van der Waals surface area contributed by atoms with Gasteiger partial charge in [-0.15, -0.1) is 0 Å². The fourth-order valence-electron chi connectivity index (χ4n) is 0.758. The predicted octanol–water partition coefficient (Wildman–Crippen LogP) is 2.18. The van der Waals surface area contributed by atoms with E-state index < -0.39 is 0 Å². The van der Waals surface area contributed by atoms with Gasteiger partial charge >= 0.3 is 0 Å². The number of hydrogen-bond donors (Lipinski definition) is 1. The van der Waals surface area contributed by atoms with E-state index in [1.807, 2.05) is 31.2 Å². The first-order chi connectivity index (χ1) is 5.68. The Bertz CT molecular complexity index is 233. The molecule has 0 amide bonds. The van der Waals surface area contributed by atoms with Crippen LogP contribution in [0.2, 0.25) is 0 Å². The molecule has 0 spiro atoms. The van der Waals surface area contributed by atoms with E-state index in [1.54, 1.807) is 0 Å². The van der Waals surface area contributed by atoms with Gasteiger partial charge in [-0.3, -0.25) is 0 Å². The van der Waals surface area contributed by atoms with E-state index in [0.717, 1.165) is 10.2 Å². The van der Waals surface area contributed by atoms with Gasteiger partial charge in [0, 0.05) is 10.5 Å². The van der Waals surface area contributed by atoms with E-state index in [9.17, 15) is 0 Å². The van der Waals surface area contributed by atoms with Gasteiger partial charge in [0.1, 0.15) is 12.4 Å². The Hall–Kier alpha value is -0.540. The zero-order valence-electron chi connectivity index (χ0n) is 6.96. The monoisotopic (exact) mass is 229 g/mol. The molecule has 1 unspecified atom stereocenters. The summed E-state index contributed by atoms with van der Waals surface area (Å²) in [5.74, 6) is 0.857. The molecule has 12 heavy (non-hydrogen) atoms. The van der Waals surface area contributed by atoms with Crippen molar-refractivity contribution in [3.05, 3.63) is 28.7 Å². The highest BCUT2D eigenvalue weighted by molar-refractivity contribution is 9.10. The lowest BCUT2D eigenvalue weighted by Crippen LogP contribution is -2.23. The maximum atomic E-state index is 5.54. The summed E-state index contributed by atoms with van der Waals surface area (Å²) in [6.45, 7) is 2.47. The highest BCUT2D eigenvalue weighted by atomic mass is 79.9. The van der Waals surface area contributed by atoms with Crippen LogP contribution in [0.4, 0.5) is 0 Å². The van der Waals surface area contributed by atoms with Gasteiger partial charge < -0.3 is 10.5 Å². The van der Waals surface area contributed by atoms with Crippen LogP contribution < -0.4 is 10.5 Å². The van der Waals surface area contributed by atoms with Crippen molar-refractivity contribution in [3.8, 4) is 5.75 Å². The quantitative estimate of drug-likeness (QED) is 0.863. The van der Waals surface area contributed by atoms with E-state index in [4.69, 9.17) is 10.5 Å². The number of nitrogens with two attached hydrogens (primary N) is 1. The van der Waals surface area contributed by atoms with Crippen LogP contribution in [-0.4, -0.2) is 12.6 Å². The van der Waals surface area contributed by atoms with Crippen LogP contribution in [0.15, 0.2) is 28.7 Å². The van der Waals surface area contributed by atoms with Crippen LogP contribution in [0, 0.1) is 0 Å². The van der Waals surface area contributed by atoms with Crippen LogP contribution in [-0.2, 0) is 0 Å². The highest BCUT2D eigenvalue weighted by Crippen LogP contribution is 2.15. The second-order valence-electron chi connectivity index (χ2n) is 2.74. The minimum Gasteiger partial charge on any atom is -0.492 e. The molecule has 2 N–H and O–H groups in total. The first-order valence-electron chi connectivity index (χ1n) is 3.82. The van der Waals surface area contributed by atoms with E-state index in [2.05, 4.69) is 15.9 Å². The predicted molar refractivity (Wildman–Crippen MR) is 53.3 cm³/mol. The van der Waals surface area contributed by atoms with Crippen molar-refractivity contribution in [2.75, 3.05) is 6.61 Å². The molecule has 0 aliphatic carbocycles. The fourth-order valence-corrected chi connectivity index (χ4v) is 1.02. The Kier molecular flexibility index (Phi) is 3.56. The summed E-state index contributed by atoms with van der Waals surface area (Å²) >= 11 is 3.35. The average molecular weight is 230 g/mol. The van der Waals surface area contributed by atoms with Crippen molar-refractivity contribution in [1.29, 1.82) is 0 Å². The van der Waals surface area contributed by atoms with E-state index in [1.165, 1.54) is 0 Å². The van der Waals surface area contributed by atoms with E-state index in [0.29, 0.717) is 6.61 Å². The molecule has 1 rings (SSSR count). The van der Waals surface area contributed by atoms with Gasteiger partial charge in [-0.1, -0.05) is 15.9 Å². The number of benzene rings is 1. The Balaban J connectivity index is 2.48. The van der Waals surface area contributed by atoms with E-state index >= 15 is 0 Å². The second kappa shape index (κ2) is 4.48. The van der Waals surface area contributed by atoms with Gasteiger partial charge in [-0.25, -0.2) is 0 Å². The lowest BCUT2D eigenvalue weighted by molar-refractivity contribution is 0.296. The van der Waals surface area contributed by atoms with Crippen molar-refractivity contribution in [1.82, 2.24) is 0 Å². The van der Waals surface area contributed by atoms with Crippen molar-refractivity contribution in [2.24, 2.45) is 5.73 Å². The van der Waals surface area contributed by atoms with Gasteiger partial charge in [0.05, 0.1) is 0 Å². The normalized spacial score (nSPS) is 12.6. The molecule has 0 heterocycles. The smallest absolute Gasteiger partial charge is 0.119 e. The average Bonchev–Trinajstić information content (AvgIpc) is 2.03. The van der Waals surface area contributed by atoms with Crippen LogP contribution in [0.3, 0.4) is 0 Å². The van der Waals surface area contributed by atoms with Crippen LogP contribution in [0.1, 0.15) is 6.92 Å². The highest BCUT2D eigenvalue weighted by Gasteiger charge is 1.95. The molecule has 0 aromatic heterocycles. The number of hydrogen-bond acceptors (Lipinski definition) is 2. The Morgan fingerprint density at radius 2 is 2.00 bits per heavy atom. The maximum Gasteiger partial charge on any atom is 0.119 e. The van der Waals surface area contributed by atoms with Crippen molar-refractivity contribution >= 4 is 15.9 Å². The molecular formula is C9H12BrNO. The molecule has 0 saturated heterocycles. The summed E-state index contributed by atoms with van der Waals surface area (Å²) in [6.07, 6.45) is 0. The van der Waals surface area contributed by atoms with E-state index in [-0.39, 0.29) is 6.04 Å². The van der Waals surface area contributed by atoms with Gasteiger partial charge in [0.25, 0.3) is 0 Å². The van der Waals surface area contributed by atoms with Crippen LogP contribution >= 0.6 is 15.9 Å². The molecule has 1 atom stereocenters. The SMILES string of the molecule is CC(N)COc1ccc(Br)cc1. The molecule has 0 radical (unpaired) electrons. The number of ether oxygens (including phenoxy) is 1. The molecule has 0 saturated carbocycles. The minimum absolute atomic E-state index is 0.0775. The third-order valence-corrected chi connectivity index (χ3v) is 1.86. The van der Waals surface area contributed by atoms with Gasteiger partial charge in [-0.2, -0.15) is 0 Å². The molecular weight excluding hydrogens is 218 g/mol. The zero-order chi connectivity index (χ0) is 8.97. The standard InChI is InChI=1S/C9H12BrNO/c1-7(11)6-12-9-4-2-8(10)3-5-9/h2-5,7H,6,11H2,1H3. The summed E-state index contributed by atoms with van der Waals surface area (Å²) in [7, 11) is 0. The lowest BCUT2D eigenvalue weighted by Gasteiger charge is -2.07. The summed E-state index contributed by atoms with van der Waals surface area (Å²) in [5, 5.41) is 0. The minimum atomic E-state index is 0.0775. The molecule has 0 fully saturated rings.